The van der Waals surface area contributed by atoms with E-state index >= 15 is 0 Å². The standard InChI is InChI=1S/C13H19FN2O/c1-13(2,12(15)16-8-9-17-3)10-4-6-11(14)7-5-10/h4-7H,8-9H2,1-3H3,(H2,15,16). The maximum atomic E-state index is 12.8. The van der Waals surface area contributed by atoms with E-state index in [-0.39, 0.29) is 5.82 Å². The zero-order valence-corrected chi connectivity index (χ0v) is 10.5. The van der Waals surface area contributed by atoms with Crippen molar-refractivity contribution >= 4 is 5.84 Å². The van der Waals surface area contributed by atoms with E-state index in [1.165, 1.54) is 12.1 Å². The Morgan fingerprint density at radius 3 is 2.47 bits per heavy atom. The number of aliphatic imine (C=N–C) groups is 1. The van der Waals surface area contributed by atoms with Crippen LogP contribution in [-0.4, -0.2) is 26.1 Å². The SMILES string of the molecule is COCCN=C(N)C(C)(C)c1ccc(F)cc1. The molecule has 0 aromatic heterocycles. The molecule has 0 aliphatic rings. The summed E-state index contributed by atoms with van der Waals surface area (Å²) in [5.74, 6) is 0.278. The Labute approximate surface area is 102 Å². The Hall–Kier alpha value is -1.42. The van der Waals surface area contributed by atoms with Crippen molar-refractivity contribution in [1.29, 1.82) is 0 Å². The maximum absolute atomic E-state index is 12.8. The normalized spacial score (nSPS) is 12.8. The van der Waals surface area contributed by atoms with Crippen LogP contribution >= 0.6 is 0 Å². The van der Waals surface area contributed by atoms with Gasteiger partial charge in [-0.3, -0.25) is 4.99 Å². The molecule has 0 heterocycles. The van der Waals surface area contributed by atoms with Gasteiger partial charge in [-0.2, -0.15) is 0 Å². The molecule has 3 nitrogen and oxygen atoms in total. The highest BCUT2D eigenvalue weighted by Crippen LogP contribution is 2.23. The predicted molar refractivity (Wildman–Crippen MR) is 67.8 cm³/mol. The molecule has 0 saturated carbocycles. The first kappa shape index (κ1) is 13.6. The smallest absolute Gasteiger partial charge is 0.123 e. The third kappa shape index (κ3) is 3.53. The molecule has 1 aromatic rings. The van der Waals surface area contributed by atoms with E-state index in [1.54, 1.807) is 19.2 Å². The van der Waals surface area contributed by atoms with Crippen LogP contribution in [0.1, 0.15) is 19.4 Å². The molecule has 0 atom stereocenters. The fraction of sp³-hybridized carbons (Fsp3) is 0.462. The van der Waals surface area contributed by atoms with Gasteiger partial charge in [-0.15, -0.1) is 0 Å². The molecule has 0 bridgehead atoms. The molecule has 0 aliphatic carbocycles. The summed E-state index contributed by atoms with van der Waals surface area (Å²) >= 11 is 0. The number of hydrogen-bond acceptors (Lipinski definition) is 2. The summed E-state index contributed by atoms with van der Waals surface area (Å²) in [7, 11) is 1.62. The summed E-state index contributed by atoms with van der Waals surface area (Å²) in [6, 6.07) is 6.32. The molecule has 1 rings (SSSR count). The van der Waals surface area contributed by atoms with E-state index in [0.717, 1.165) is 5.56 Å². The Balaban J connectivity index is 2.86. The van der Waals surface area contributed by atoms with Gasteiger partial charge in [0.15, 0.2) is 0 Å². The minimum absolute atomic E-state index is 0.251. The van der Waals surface area contributed by atoms with Gasteiger partial charge in [-0.05, 0) is 31.5 Å². The van der Waals surface area contributed by atoms with Crippen molar-refractivity contribution in [3.05, 3.63) is 35.6 Å². The number of halogens is 1. The first-order chi connectivity index (χ1) is 7.98. The molecule has 0 amide bonds. The summed E-state index contributed by atoms with van der Waals surface area (Å²) in [5.41, 5.74) is 6.50. The Morgan fingerprint density at radius 2 is 1.94 bits per heavy atom. The highest BCUT2D eigenvalue weighted by atomic mass is 19.1. The van der Waals surface area contributed by atoms with Crippen LogP contribution < -0.4 is 5.73 Å². The second-order valence-corrected chi connectivity index (χ2v) is 4.39. The number of rotatable bonds is 5. The van der Waals surface area contributed by atoms with E-state index in [4.69, 9.17) is 10.5 Å². The highest BCUT2D eigenvalue weighted by molar-refractivity contribution is 5.90. The average Bonchev–Trinajstić information content (AvgIpc) is 2.29. The van der Waals surface area contributed by atoms with Crippen LogP contribution in [0.15, 0.2) is 29.3 Å². The van der Waals surface area contributed by atoms with Crippen LogP contribution in [0, 0.1) is 5.82 Å². The number of ether oxygens (including phenoxy) is 1. The average molecular weight is 238 g/mol. The van der Waals surface area contributed by atoms with Crippen molar-refractivity contribution in [1.82, 2.24) is 0 Å². The highest BCUT2D eigenvalue weighted by Gasteiger charge is 2.25. The van der Waals surface area contributed by atoms with Crippen molar-refractivity contribution in [3.63, 3.8) is 0 Å². The van der Waals surface area contributed by atoms with Crippen LogP contribution in [0.4, 0.5) is 4.39 Å². The van der Waals surface area contributed by atoms with Crippen molar-refractivity contribution in [3.8, 4) is 0 Å². The molecule has 2 N–H and O–H groups in total. The first-order valence-corrected chi connectivity index (χ1v) is 5.54. The minimum atomic E-state index is -0.401. The zero-order chi connectivity index (χ0) is 12.9. The number of nitrogens with zero attached hydrogens (tertiary/aromatic N) is 1. The van der Waals surface area contributed by atoms with Gasteiger partial charge in [0.25, 0.3) is 0 Å². The first-order valence-electron chi connectivity index (χ1n) is 5.54. The lowest BCUT2D eigenvalue weighted by Gasteiger charge is -2.24. The Kier molecular flexibility index (Phi) is 4.63. The summed E-state index contributed by atoms with van der Waals surface area (Å²) < 4.78 is 17.8. The lowest BCUT2D eigenvalue weighted by atomic mass is 9.83. The topological polar surface area (TPSA) is 47.6 Å². The number of nitrogens with two attached hydrogens (primary N) is 1. The van der Waals surface area contributed by atoms with Gasteiger partial charge in [-0.25, -0.2) is 4.39 Å². The Morgan fingerprint density at radius 1 is 1.35 bits per heavy atom. The van der Waals surface area contributed by atoms with E-state index in [2.05, 4.69) is 4.99 Å². The van der Waals surface area contributed by atoms with Gasteiger partial charge in [-0.1, -0.05) is 12.1 Å². The molecule has 0 saturated heterocycles. The lowest BCUT2D eigenvalue weighted by molar-refractivity contribution is 0.208. The number of amidine groups is 1. The Bertz CT molecular complexity index is 385. The van der Waals surface area contributed by atoms with E-state index in [1.807, 2.05) is 13.8 Å². The molecule has 0 aliphatic heterocycles. The zero-order valence-electron chi connectivity index (χ0n) is 10.5. The second-order valence-electron chi connectivity index (χ2n) is 4.39. The summed E-state index contributed by atoms with van der Waals surface area (Å²) in [6.45, 7) is 5.00. The third-order valence-corrected chi connectivity index (χ3v) is 2.78. The van der Waals surface area contributed by atoms with Crippen LogP contribution in [0.25, 0.3) is 0 Å². The van der Waals surface area contributed by atoms with Gasteiger partial charge in [0.2, 0.25) is 0 Å². The van der Waals surface area contributed by atoms with Gasteiger partial charge < -0.3 is 10.5 Å². The molecule has 17 heavy (non-hydrogen) atoms. The number of hydrogen-bond donors (Lipinski definition) is 1. The van der Waals surface area contributed by atoms with Crippen molar-refractivity contribution < 1.29 is 9.13 Å². The van der Waals surface area contributed by atoms with Crippen molar-refractivity contribution in [2.45, 2.75) is 19.3 Å². The summed E-state index contributed by atoms with van der Waals surface area (Å²) in [4.78, 5) is 4.26. The largest absolute Gasteiger partial charge is 0.387 e. The molecule has 94 valence electrons. The molecule has 4 heteroatoms. The van der Waals surface area contributed by atoms with Gasteiger partial charge >= 0.3 is 0 Å². The van der Waals surface area contributed by atoms with Gasteiger partial charge in [0, 0.05) is 12.5 Å². The maximum Gasteiger partial charge on any atom is 0.123 e. The van der Waals surface area contributed by atoms with Crippen LogP contribution in [0.2, 0.25) is 0 Å². The van der Waals surface area contributed by atoms with E-state index < -0.39 is 5.41 Å². The second kappa shape index (κ2) is 5.77. The van der Waals surface area contributed by atoms with Gasteiger partial charge in [0.05, 0.1) is 13.2 Å². The fourth-order valence-corrected chi connectivity index (χ4v) is 1.47. The molecule has 0 fully saturated rings. The van der Waals surface area contributed by atoms with Crippen molar-refractivity contribution in [2.75, 3.05) is 20.3 Å². The molecular weight excluding hydrogens is 219 g/mol. The summed E-state index contributed by atoms with van der Waals surface area (Å²) in [5, 5.41) is 0. The minimum Gasteiger partial charge on any atom is -0.387 e. The summed E-state index contributed by atoms with van der Waals surface area (Å²) in [6.07, 6.45) is 0. The van der Waals surface area contributed by atoms with Crippen LogP contribution in [0.3, 0.4) is 0 Å². The molecular formula is C13H19FN2O. The van der Waals surface area contributed by atoms with E-state index in [9.17, 15) is 4.39 Å². The van der Waals surface area contributed by atoms with E-state index in [0.29, 0.717) is 19.0 Å². The quantitative estimate of drug-likeness (QED) is 0.485. The number of methoxy groups -OCH3 is 1. The lowest BCUT2D eigenvalue weighted by Crippen LogP contribution is -2.36. The third-order valence-electron chi connectivity index (χ3n) is 2.78. The molecule has 1 aromatic carbocycles. The van der Waals surface area contributed by atoms with Crippen LogP contribution in [0.5, 0.6) is 0 Å². The fourth-order valence-electron chi connectivity index (χ4n) is 1.47. The molecule has 0 spiro atoms. The molecule has 0 unspecified atom stereocenters. The van der Waals surface area contributed by atoms with Crippen molar-refractivity contribution in [2.24, 2.45) is 10.7 Å². The molecule has 0 radical (unpaired) electrons. The number of benzene rings is 1. The van der Waals surface area contributed by atoms with Gasteiger partial charge in [0.1, 0.15) is 11.7 Å². The predicted octanol–water partition coefficient (Wildman–Crippen LogP) is 2.11. The van der Waals surface area contributed by atoms with Crippen LogP contribution in [-0.2, 0) is 10.2 Å². The monoisotopic (exact) mass is 238 g/mol.